The third kappa shape index (κ3) is 11.9. The first-order valence-corrected chi connectivity index (χ1v) is 12.8. The van der Waals surface area contributed by atoms with Crippen LogP contribution in [0.1, 0.15) is 38.8 Å². The monoisotopic (exact) mass is 488 g/mol. The van der Waals surface area contributed by atoms with Gasteiger partial charge in [0.2, 0.25) is 0 Å². The van der Waals surface area contributed by atoms with Gasteiger partial charge in [0.15, 0.2) is 0 Å². The minimum absolute atomic E-state index is 0. The van der Waals surface area contributed by atoms with Crippen molar-refractivity contribution in [2.24, 2.45) is 11.8 Å². The molecule has 2 N–H and O–H groups in total. The Bertz CT molecular complexity index is 585. The van der Waals surface area contributed by atoms with Crippen LogP contribution in [0, 0.1) is 11.8 Å². The molecule has 0 aliphatic heterocycles. The molecule has 30 heavy (non-hydrogen) atoms. The second-order valence-corrected chi connectivity index (χ2v) is 10.6. The Hall–Kier alpha value is -0.360. The van der Waals surface area contributed by atoms with E-state index in [2.05, 4.69) is 99.0 Å². The van der Waals surface area contributed by atoms with Gasteiger partial charge in [-0.1, -0.05) is 110 Å². The van der Waals surface area contributed by atoms with E-state index in [4.69, 9.17) is 0 Å². The lowest BCUT2D eigenvalue weighted by atomic mass is 10.1. The summed E-state index contributed by atoms with van der Waals surface area (Å²) >= 11 is 0. The van der Waals surface area contributed by atoms with Crippen molar-refractivity contribution in [1.82, 2.24) is 10.6 Å². The predicted octanol–water partition coefficient (Wildman–Crippen LogP) is 6.84. The quantitative estimate of drug-likeness (QED) is 0.238. The first-order chi connectivity index (χ1) is 13.6. The number of nitrogens with one attached hydrogen (secondary N) is 2. The normalized spacial score (nSPS) is 12.9. The van der Waals surface area contributed by atoms with Crippen molar-refractivity contribution in [2.45, 2.75) is 52.9 Å². The fourth-order valence-electron chi connectivity index (χ4n) is 2.91. The first-order valence-electron chi connectivity index (χ1n) is 10.3. The van der Waals surface area contributed by atoms with Crippen LogP contribution < -0.4 is 10.6 Å². The Morgan fingerprint density at radius 3 is 1.23 bits per heavy atom. The molecule has 0 unspecified atom stereocenters. The zero-order valence-corrected chi connectivity index (χ0v) is 21.8. The highest BCUT2D eigenvalue weighted by atomic mass is 35.5. The number of hydrogen-bond acceptors (Lipinski definition) is 4. The second-order valence-electron chi connectivity index (χ2n) is 8.00. The summed E-state index contributed by atoms with van der Waals surface area (Å²) in [4.78, 5) is 0. The fourth-order valence-corrected chi connectivity index (χ4v) is 5.85. The largest absolute Gasteiger partial charge is 0.309 e. The van der Waals surface area contributed by atoms with E-state index >= 15 is 0 Å². The van der Waals surface area contributed by atoms with E-state index in [1.54, 1.807) is 0 Å². The van der Waals surface area contributed by atoms with Crippen LogP contribution in [-0.2, 0) is 13.1 Å². The second kappa shape index (κ2) is 17.2. The van der Waals surface area contributed by atoms with Gasteiger partial charge in [0.05, 0.1) is 0 Å². The summed E-state index contributed by atoms with van der Waals surface area (Å²) in [7, 11) is 4.01. The van der Waals surface area contributed by atoms with Crippen molar-refractivity contribution in [3.8, 4) is 0 Å². The fraction of sp³-hybridized carbons (Fsp3) is 0.500. The summed E-state index contributed by atoms with van der Waals surface area (Å²) in [6.45, 7) is 11.1. The molecule has 0 fully saturated rings. The highest BCUT2D eigenvalue weighted by molar-refractivity contribution is 8.76. The number of halogens is 2. The van der Waals surface area contributed by atoms with Crippen LogP contribution in [0.3, 0.4) is 0 Å². The van der Waals surface area contributed by atoms with Gasteiger partial charge in [-0.3, -0.25) is 0 Å². The zero-order valence-electron chi connectivity index (χ0n) is 18.5. The average Bonchev–Trinajstić information content (AvgIpc) is 2.70. The Morgan fingerprint density at radius 1 is 0.600 bits per heavy atom. The van der Waals surface area contributed by atoms with Crippen molar-refractivity contribution < 1.29 is 0 Å². The van der Waals surface area contributed by atoms with E-state index in [1.165, 1.54) is 11.1 Å². The highest BCUT2D eigenvalue weighted by Crippen LogP contribution is 2.26. The number of rotatable bonds is 13. The Labute approximate surface area is 204 Å². The van der Waals surface area contributed by atoms with E-state index in [0.29, 0.717) is 23.9 Å². The van der Waals surface area contributed by atoms with Crippen LogP contribution in [0.4, 0.5) is 0 Å². The molecule has 0 heterocycles. The third-order valence-corrected chi connectivity index (χ3v) is 7.48. The molecule has 2 rings (SSSR count). The van der Waals surface area contributed by atoms with Gasteiger partial charge in [0.25, 0.3) is 0 Å². The molecule has 0 saturated carbocycles. The topological polar surface area (TPSA) is 24.1 Å². The van der Waals surface area contributed by atoms with Crippen molar-refractivity contribution in [2.75, 3.05) is 11.5 Å². The molecule has 0 radical (unpaired) electrons. The van der Waals surface area contributed by atoms with Gasteiger partial charge in [-0.15, -0.1) is 24.8 Å². The van der Waals surface area contributed by atoms with Gasteiger partial charge in [0.1, 0.15) is 0 Å². The molecule has 0 bridgehead atoms. The van der Waals surface area contributed by atoms with Crippen molar-refractivity contribution >= 4 is 46.4 Å². The Balaban J connectivity index is 0.00000420. The Kier molecular flexibility index (Phi) is 17.0. The van der Waals surface area contributed by atoms with E-state index in [9.17, 15) is 0 Å². The van der Waals surface area contributed by atoms with E-state index in [-0.39, 0.29) is 24.8 Å². The third-order valence-electron chi connectivity index (χ3n) is 5.01. The molecule has 0 amide bonds. The zero-order chi connectivity index (χ0) is 20.2. The van der Waals surface area contributed by atoms with Gasteiger partial charge < -0.3 is 10.6 Å². The van der Waals surface area contributed by atoms with Crippen LogP contribution in [0.5, 0.6) is 0 Å². The van der Waals surface area contributed by atoms with Crippen LogP contribution in [0.15, 0.2) is 60.7 Å². The van der Waals surface area contributed by atoms with Gasteiger partial charge in [-0.25, -0.2) is 0 Å². The molecule has 0 aliphatic rings. The van der Waals surface area contributed by atoms with E-state index < -0.39 is 0 Å². The molecule has 2 nitrogen and oxygen atoms in total. The van der Waals surface area contributed by atoms with Crippen LogP contribution in [0.25, 0.3) is 0 Å². The molecule has 0 aliphatic carbocycles. The lowest BCUT2D eigenvalue weighted by Crippen LogP contribution is -2.36. The maximum atomic E-state index is 3.74. The summed E-state index contributed by atoms with van der Waals surface area (Å²) in [6, 6.07) is 22.4. The van der Waals surface area contributed by atoms with Crippen molar-refractivity contribution in [3.05, 3.63) is 71.8 Å². The predicted molar refractivity (Wildman–Crippen MR) is 143 cm³/mol. The smallest absolute Gasteiger partial charge is 0.0208 e. The molecule has 6 heteroatoms. The van der Waals surface area contributed by atoms with Gasteiger partial charge >= 0.3 is 0 Å². The van der Waals surface area contributed by atoms with Crippen LogP contribution in [0.2, 0.25) is 0 Å². The lowest BCUT2D eigenvalue weighted by Gasteiger charge is -2.24. The molecular formula is C24H38Cl2N2S2. The molecule has 0 aromatic heterocycles. The average molecular weight is 490 g/mol. The number of benzene rings is 2. The molecule has 2 aromatic carbocycles. The summed E-state index contributed by atoms with van der Waals surface area (Å²) in [5.74, 6) is 3.54. The van der Waals surface area contributed by atoms with E-state index in [0.717, 1.165) is 24.6 Å². The molecular weight excluding hydrogens is 451 g/mol. The van der Waals surface area contributed by atoms with Gasteiger partial charge in [-0.05, 0) is 23.0 Å². The minimum atomic E-state index is 0. The SMILES string of the molecule is CC(C)[C@@H](CSSC[C@@H](NCc1ccccc1)C(C)C)NCc1ccccc1.Cl.Cl. The lowest BCUT2D eigenvalue weighted by molar-refractivity contribution is 0.431. The van der Waals surface area contributed by atoms with E-state index in [1.807, 2.05) is 21.6 Å². The molecule has 2 atom stereocenters. The Morgan fingerprint density at radius 2 is 0.933 bits per heavy atom. The van der Waals surface area contributed by atoms with Crippen LogP contribution >= 0.6 is 46.4 Å². The number of hydrogen-bond donors (Lipinski definition) is 2. The van der Waals surface area contributed by atoms with Crippen molar-refractivity contribution in [3.63, 3.8) is 0 Å². The molecule has 0 saturated heterocycles. The van der Waals surface area contributed by atoms with Gasteiger partial charge in [-0.2, -0.15) is 0 Å². The summed E-state index contributed by atoms with van der Waals surface area (Å²) in [6.07, 6.45) is 0. The van der Waals surface area contributed by atoms with Gasteiger partial charge in [0, 0.05) is 36.7 Å². The molecule has 2 aromatic rings. The summed E-state index contributed by atoms with van der Waals surface area (Å²) in [5.41, 5.74) is 2.71. The molecule has 0 spiro atoms. The standard InChI is InChI=1S/C24H36N2S2.2ClH/c1-19(2)23(25-15-21-11-7-5-8-12-21)17-27-28-18-24(20(3)4)26-16-22-13-9-6-10-14-22;;/h5-14,19-20,23-26H,15-18H2,1-4H3;2*1H/t23-,24-;;/m1../s1. The maximum absolute atomic E-state index is 3.74. The maximum Gasteiger partial charge on any atom is 0.0208 e. The highest BCUT2D eigenvalue weighted by Gasteiger charge is 2.16. The first kappa shape index (κ1) is 29.6. The van der Waals surface area contributed by atoms with Crippen molar-refractivity contribution in [1.29, 1.82) is 0 Å². The van der Waals surface area contributed by atoms with Crippen LogP contribution in [-0.4, -0.2) is 23.6 Å². The molecule has 170 valence electrons. The minimum Gasteiger partial charge on any atom is -0.309 e. The summed E-state index contributed by atoms with van der Waals surface area (Å²) < 4.78 is 0. The summed E-state index contributed by atoms with van der Waals surface area (Å²) in [5, 5.41) is 7.49.